The van der Waals surface area contributed by atoms with Crippen molar-refractivity contribution in [2.45, 2.75) is 90.1 Å². The molecular formula is C21H36O3. The Labute approximate surface area is 148 Å². The third kappa shape index (κ3) is 12.3. The minimum absolute atomic E-state index is 0.207. The zero-order valence-electron chi connectivity index (χ0n) is 15.4. The van der Waals surface area contributed by atoms with Crippen LogP contribution in [0.15, 0.2) is 24.3 Å². The summed E-state index contributed by atoms with van der Waals surface area (Å²) in [5.74, 6) is -0.863. The average molecular weight is 337 g/mol. The van der Waals surface area contributed by atoms with Gasteiger partial charge in [0.05, 0.1) is 18.6 Å². The van der Waals surface area contributed by atoms with Gasteiger partial charge in [-0.1, -0.05) is 63.3 Å². The van der Waals surface area contributed by atoms with Crippen LogP contribution in [0.2, 0.25) is 0 Å². The quantitative estimate of drug-likeness (QED) is 0.217. The van der Waals surface area contributed by atoms with Gasteiger partial charge in [-0.3, -0.25) is 4.79 Å². The van der Waals surface area contributed by atoms with Crippen molar-refractivity contribution >= 4 is 5.97 Å². The van der Waals surface area contributed by atoms with Crippen molar-refractivity contribution in [3.63, 3.8) is 0 Å². The van der Waals surface area contributed by atoms with Crippen molar-refractivity contribution in [3.8, 4) is 0 Å². The average Bonchev–Trinajstić information content (AvgIpc) is 3.38. The summed E-state index contributed by atoms with van der Waals surface area (Å²) in [5, 5.41) is 9.18. The zero-order chi connectivity index (χ0) is 17.5. The highest BCUT2D eigenvalue weighted by molar-refractivity contribution is 5.70. The van der Waals surface area contributed by atoms with Gasteiger partial charge in [0.1, 0.15) is 0 Å². The summed E-state index contributed by atoms with van der Waals surface area (Å²) >= 11 is 0. The molecule has 0 aliphatic carbocycles. The highest BCUT2D eigenvalue weighted by atomic mass is 16.6. The molecule has 0 saturated carbocycles. The Bertz CT molecular complexity index is 369. The molecule has 0 aromatic heterocycles. The summed E-state index contributed by atoms with van der Waals surface area (Å²) in [6.45, 7) is 2.99. The second-order valence-electron chi connectivity index (χ2n) is 6.89. The number of rotatable bonds is 16. The predicted octanol–water partition coefficient (Wildman–Crippen LogP) is 5.90. The summed E-state index contributed by atoms with van der Waals surface area (Å²) in [5.41, 5.74) is 0. The van der Waals surface area contributed by atoms with E-state index in [1.165, 1.54) is 38.5 Å². The number of hydrogen-bond donors (Lipinski definition) is 1. The molecule has 24 heavy (non-hydrogen) atoms. The van der Waals surface area contributed by atoms with E-state index in [1.54, 1.807) is 0 Å². The molecule has 3 nitrogen and oxygen atoms in total. The first-order chi connectivity index (χ1) is 11.7. The molecule has 1 saturated heterocycles. The fourth-order valence-electron chi connectivity index (χ4n) is 2.89. The molecule has 1 heterocycles. The molecule has 2 unspecified atom stereocenters. The molecule has 0 amide bonds. The van der Waals surface area contributed by atoms with Gasteiger partial charge in [0, 0.05) is 0 Å². The van der Waals surface area contributed by atoms with E-state index in [-0.39, 0.29) is 12.0 Å². The number of carboxylic acids is 1. The van der Waals surface area contributed by atoms with Gasteiger partial charge in [-0.25, -0.2) is 0 Å². The number of aliphatic carboxylic acids is 1. The van der Waals surface area contributed by atoms with E-state index in [0.717, 1.165) is 38.7 Å². The van der Waals surface area contributed by atoms with E-state index in [4.69, 9.17) is 4.74 Å². The highest BCUT2D eigenvalue weighted by Crippen LogP contribution is 2.24. The Hall–Kier alpha value is -1.09. The topological polar surface area (TPSA) is 49.8 Å². The highest BCUT2D eigenvalue weighted by Gasteiger charge is 2.29. The van der Waals surface area contributed by atoms with Gasteiger partial charge in [-0.2, -0.15) is 0 Å². The molecule has 1 fully saturated rings. The van der Waals surface area contributed by atoms with Gasteiger partial charge < -0.3 is 9.84 Å². The number of unbranched alkanes of at least 4 members (excludes halogenated alkanes) is 7. The SMILES string of the molecule is CCCCC/C=C\C/C=C\CCCCCCC(CC1CO1)C(=O)O. The zero-order valence-corrected chi connectivity index (χ0v) is 15.4. The number of carbonyl (C=O) groups is 1. The Morgan fingerprint density at radius 3 is 2.25 bits per heavy atom. The van der Waals surface area contributed by atoms with Crippen molar-refractivity contribution in [1.82, 2.24) is 0 Å². The number of ether oxygens (including phenoxy) is 1. The molecule has 0 aromatic carbocycles. The lowest BCUT2D eigenvalue weighted by Crippen LogP contribution is -2.15. The van der Waals surface area contributed by atoms with Crippen LogP contribution in [0.1, 0.15) is 84.0 Å². The Kier molecular flexibility index (Phi) is 12.5. The van der Waals surface area contributed by atoms with Gasteiger partial charge in [-0.15, -0.1) is 0 Å². The lowest BCUT2D eigenvalue weighted by Gasteiger charge is -2.10. The fourth-order valence-corrected chi connectivity index (χ4v) is 2.89. The van der Waals surface area contributed by atoms with Crippen molar-refractivity contribution in [3.05, 3.63) is 24.3 Å². The van der Waals surface area contributed by atoms with E-state index in [1.807, 2.05) is 0 Å². The molecule has 138 valence electrons. The van der Waals surface area contributed by atoms with Crippen molar-refractivity contribution in [1.29, 1.82) is 0 Å². The Morgan fingerprint density at radius 1 is 1.04 bits per heavy atom. The maximum atomic E-state index is 11.2. The van der Waals surface area contributed by atoms with Crippen LogP contribution in [0.25, 0.3) is 0 Å². The molecular weight excluding hydrogens is 300 g/mol. The van der Waals surface area contributed by atoms with Gasteiger partial charge in [0.25, 0.3) is 0 Å². The molecule has 0 radical (unpaired) electrons. The first-order valence-electron chi connectivity index (χ1n) is 9.88. The first-order valence-corrected chi connectivity index (χ1v) is 9.88. The van der Waals surface area contributed by atoms with Crippen LogP contribution < -0.4 is 0 Å². The monoisotopic (exact) mass is 336 g/mol. The van der Waals surface area contributed by atoms with E-state index < -0.39 is 5.97 Å². The molecule has 1 N–H and O–H groups in total. The first kappa shape index (κ1) is 21.0. The van der Waals surface area contributed by atoms with Crippen LogP contribution in [-0.2, 0) is 9.53 Å². The van der Waals surface area contributed by atoms with Crippen LogP contribution in [0, 0.1) is 5.92 Å². The fraction of sp³-hybridized carbons (Fsp3) is 0.762. The van der Waals surface area contributed by atoms with Crippen LogP contribution >= 0.6 is 0 Å². The van der Waals surface area contributed by atoms with Crippen LogP contribution in [0.3, 0.4) is 0 Å². The van der Waals surface area contributed by atoms with Gasteiger partial charge in [-0.05, 0) is 44.9 Å². The van der Waals surface area contributed by atoms with Gasteiger partial charge >= 0.3 is 5.97 Å². The molecule has 0 bridgehead atoms. The normalized spacial score (nSPS) is 18.5. The maximum Gasteiger partial charge on any atom is 0.306 e. The summed E-state index contributed by atoms with van der Waals surface area (Å²) in [6.07, 6.45) is 22.7. The molecule has 1 aliphatic heterocycles. The van der Waals surface area contributed by atoms with Crippen molar-refractivity contribution in [2.24, 2.45) is 5.92 Å². The second-order valence-corrected chi connectivity index (χ2v) is 6.89. The van der Waals surface area contributed by atoms with E-state index >= 15 is 0 Å². The number of carboxylic acid groups (broad SMARTS) is 1. The van der Waals surface area contributed by atoms with Crippen molar-refractivity contribution < 1.29 is 14.6 Å². The molecule has 1 aliphatic rings. The molecule has 1 rings (SSSR count). The summed E-state index contributed by atoms with van der Waals surface area (Å²) in [6, 6.07) is 0. The standard InChI is InChI=1S/C21H36O3/c1-2-3-4-5-6-7-8-9-10-11-12-13-14-15-16-19(21(22)23)17-20-18-24-20/h6-7,9-10,19-20H,2-5,8,11-18H2,1H3,(H,22,23)/b7-6-,10-9-. The van der Waals surface area contributed by atoms with Gasteiger partial charge in [0.15, 0.2) is 0 Å². The van der Waals surface area contributed by atoms with E-state index in [2.05, 4.69) is 31.2 Å². The Balaban J connectivity index is 1.88. The maximum absolute atomic E-state index is 11.2. The number of hydrogen-bond acceptors (Lipinski definition) is 2. The second kappa shape index (κ2) is 14.3. The lowest BCUT2D eigenvalue weighted by atomic mass is 9.96. The third-order valence-electron chi connectivity index (χ3n) is 4.55. The smallest absolute Gasteiger partial charge is 0.306 e. The van der Waals surface area contributed by atoms with Crippen LogP contribution in [0.5, 0.6) is 0 Å². The van der Waals surface area contributed by atoms with E-state index in [9.17, 15) is 9.90 Å². The molecule has 2 atom stereocenters. The van der Waals surface area contributed by atoms with E-state index in [0.29, 0.717) is 6.42 Å². The number of allylic oxidation sites excluding steroid dienone is 4. The minimum atomic E-state index is -0.656. The third-order valence-corrected chi connectivity index (χ3v) is 4.55. The predicted molar refractivity (Wildman–Crippen MR) is 100 cm³/mol. The van der Waals surface area contributed by atoms with Gasteiger partial charge in [0.2, 0.25) is 0 Å². The van der Waals surface area contributed by atoms with Crippen molar-refractivity contribution in [2.75, 3.05) is 6.61 Å². The number of epoxide rings is 1. The summed E-state index contributed by atoms with van der Waals surface area (Å²) in [4.78, 5) is 11.2. The minimum Gasteiger partial charge on any atom is -0.481 e. The molecule has 0 spiro atoms. The Morgan fingerprint density at radius 2 is 1.67 bits per heavy atom. The molecule has 3 heteroatoms. The largest absolute Gasteiger partial charge is 0.481 e. The van der Waals surface area contributed by atoms with Crippen LogP contribution in [-0.4, -0.2) is 23.8 Å². The molecule has 0 aromatic rings. The van der Waals surface area contributed by atoms with Crippen LogP contribution in [0.4, 0.5) is 0 Å². The summed E-state index contributed by atoms with van der Waals surface area (Å²) in [7, 11) is 0. The summed E-state index contributed by atoms with van der Waals surface area (Å²) < 4.78 is 5.14. The lowest BCUT2D eigenvalue weighted by molar-refractivity contribution is -0.142.